The summed E-state index contributed by atoms with van der Waals surface area (Å²) in [7, 11) is 0. The van der Waals surface area contributed by atoms with Crippen LogP contribution in [-0.4, -0.2) is 74.2 Å². The molecule has 0 radical (unpaired) electrons. The summed E-state index contributed by atoms with van der Waals surface area (Å²) in [6, 6.07) is 24.1. The number of hydrogen-bond donors (Lipinski definition) is 4. The molecule has 47 heavy (non-hydrogen) atoms. The number of hydrogen-bond acceptors (Lipinski definition) is 7. The number of carbonyl (C=O) groups excluding carboxylic acids is 4. The second kappa shape index (κ2) is 16.9. The number of thioether (sulfide) groups is 2. The van der Waals surface area contributed by atoms with Crippen molar-refractivity contribution in [2.75, 3.05) is 11.6 Å². The Morgan fingerprint density at radius 1 is 0.936 bits per heavy atom. The van der Waals surface area contributed by atoms with Gasteiger partial charge in [-0.3, -0.25) is 19.2 Å². The zero-order chi connectivity index (χ0) is 34.0. The second-order valence-corrected chi connectivity index (χ2v) is 14.9. The molecule has 11 heteroatoms. The third kappa shape index (κ3) is 10.1. The molecule has 0 saturated carbocycles. The van der Waals surface area contributed by atoms with Crippen molar-refractivity contribution in [2.45, 2.75) is 75.4 Å². The van der Waals surface area contributed by atoms with Crippen molar-refractivity contribution >= 4 is 47.2 Å². The molecule has 3 aromatic carbocycles. The Bertz CT molecular complexity index is 1520. The Morgan fingerprint density at radius 2 is 1.55 bits per heavy atom. The van der Waals surface area contributed by atoms with Crippen LogP contribution in [0, 0.1) is 6.92 Å². The summed E-state index contributed by atoms with van der Waals surface area (Å²) in [5.41, 5.74) is 3.92. The lowest BCUT2D eigenvalue weighted by molar-refractivity contribution is -0.148. The van der Waals surface area contributed by atoms with Gasteiger partial charge in [0.1, 0.15) is 12.1 Å². The summed E-state index contributed by atoms with van der Waals surface area (Å²) in [5, 5.41) is 20.2. The van der Waals surface area contributed by atoms with E-state index in [4.69, 9.17) is 0 Å². The molecule has 1 aliphatic heterocycles. The molecule has 1 heterocycles. The minimum atomic E-state index is -1.64. The number of nitrogens with one attached hydrogen (secondary N) is 3. The first-order valence-electron chi connectivity index (χ1n) is 15.6. The maximum Gasteiger partial charge on any atom is 0.254 e. The smallest absolute Gasteiger partial charge is 0.254 e. The molecule has 3 aromatic rings. The maximum absolute atomic E-state index is 14.0. The highest BCUT2D eigenvalue weighted by Gasteiger charge is 2.49. The predicted octanol–water partition coefficient (Wildman–Crippen LogP) is 3.82. The fraction of sp³-hybridized carbons (Fsp3) is 0.389. The topological polar surface area (TPSA) is 128 Å². The lowest BCUT2D eigenvalue weighted by Gasteiger charge is -2.33. The van der Waals surface area contributed by atoms with Gasteiger partial charge < -0.3 is 26.0 Å². The Labute approximate surface area is 285 Å². The third-order valence-electron chi connectivity index (χ3n) is 8.14. The number of aliphatic hydroxyl groups is 1. The summed E-state index contributed by atoms with van der Waals surface area (Å²) < 4.78 is -0.615. The van der Waals surface area contributed by atoms with Gasteiger partial charge >= 0.3 is 0 Å². The van der Waals surface area contributed by atoms with E-state index in [9.17, 15) is 24.3 Å². The van der Waals surface area contributed by atoms with Gasteiger partial charge in [-0.25, -0.2) is 0 Å². The number of rotatable bonds is 14. The summed E-state index contributed by atoms with van der Waals surface area (Å²) >= 11 is 2.96. The molecule has 9 nitrogen and oxygen atoms in total. The lowest BCUT2D eigenvalue weighted by Crippen LogP contribution is -2.60. The van der Waals surface area contributed by atoms with Crippen molar-refractivity contribution in [3.8, 4) is 0 Å². The van der Waals surface area contributed by atoms with Crippen LogP contribution in [0.15, 0.2) is 84.9 Å². The second-order valence-electron chi connectivity index (χ2n) is 12.2. The molecular formula is C36H44N4O5S2. The van der Waals surface area contributed by atoms with Crippen molar-refractivity contribution in [2.24, 2.45) is 0 Å². The number of amides is 4. The molecule has 0 aromatic heterocycles. The van der Waals surface area contributed by atoms with E-state index in [1.807, 2.05) is 106 Å². The highest BCUT2D eigenvalue weighted by atomic mass is 32.2. The average molecular weight is 677 g/mol. The van der Waals surface area contributed by atoms with Gasteiger partial charge in [0.2, 0.25) is 17.7 Å². The normalized spacial score (nSPS) is 17.3. The van der Waals surface area contributed by atoms with Gasteiger partial charge in [-0.2, -0.15) is 11.8 Å². The van der Waals surface area contributed by atoms with Gasteiger partial charge in [0.05, 0.1) is 11.9 Å². The van der Waals surface area contributed by atoms with Crippen LogP contribution in [0.1, 0.15) is 43.0 Å². The standard InChI is InChI=1S/C36H44N4O5S2/c1-24-13-11-12-18-28(24)20-37-34(44)32-36(3,4)47-23-40(32)35(45)31(42)29(19-26-14-7-5-8-15-26)39-33(43)30(38-25(2)41)22-46-21-27-16-9-6-10-17-27/h5-18,29-32,42H,19-23H2,1-4H3,(H,37,44)(H,38,41)(H,39,43)/t29-,30+,31-,32+/m0/s1. The summed E-state index contributed by atoms with van der Waals surface area (Å²) in [6.07, 6.45) is -1.48. The first kappa shape index (κ1) is 36.0. The van der Waals surface area contributed by atoms with Gasteiger partial charge in [0.15, 0.2) is 6.10 Å². The Morgan fingerprint density at radius 3 is 2.19 bits per heavy atom. The van der Waals surface area contributed by atoms with Gasteiger partial charge in [-0.15, -0.1) is 11.8 Å². The molecule has 4 rings (SSSR count). The highest BCUT2D eigenvalue weighted by Crippen LogP contribution is 2.40. The first-order chi connectivity index (χ1) is 22.5. The fourth-order valence-electron chi connectivity index (χ4n) is 5.53. The van der Waals surface area contributed by atoms with Crippen LogP contribution in [0.4, 0.5) is 0 Å². The summed E-state index contributed by atoms with van der Waals surface area (Å²) in [4.78, 5) is 54.7. The molecule has 0 unspecified atom stereocenters. The van der Waals surface area contributed by atoms with E-state index in [0.29, 0.717) is 18.1 Å². The van der Waals surface area contributed by atoms with Crippen LogP contribution in [0.2, 0.25) is 0 Å². The van der Waals surface area contributed by atoms with Crippen molar-refractivity contribution in [1.29, 1.82) is 0 Å². The van der Waals surface area contributed by atoms with E-state index >= 15 is 0 Å². The van der Waals surface area contributed by atoms with Crippen LogP contribution >= 0.6 is 23.5 Å². The van der Waals surface area contributed by atoms with E-state index in [-0.39, 0.29) is 24.1 Å². The molecule has 1 aliphatic rings. The summed E-state index contributed by atoms with van der Waals surface area (Å²) in [5.74, 6) is -0.669. The largest absolute Gasteiger partial charge is 0.381 e. The molecule has 4 N–H and O–H groups in total. The summed E-state index contributed by atoms with van der Waals surface area (Å²) in [6.45, 7) is 7.45. The SMILES string of the molecule is CC(=O)N[C@H](CSCc1ccccc1)C(=O)N[C@@H](Cc1ccccc1)[C@H](O)C(=O)N1CSC(C)(C)[C@H]1C(=O)NCc1ccccc1C. The molecule has 0 spiro atoms. The van der Waals surface area contributed by atoms with Crippen molar-refractivity contribution < 1.29 is 24.3 Å². The highest BCUT2D eigenvalue weighted by molar-refractivity contribution is 8.00. The molecule has 4 atom stereocenters. The number of aryl methyl sites for hydroxylation is 1. The van der Waals surface area contributed by atoms with E-state index in [0.717, 1.165) is 22.3 Å². The Kier molecular flexibility index (Phi) is 12.9. The molecule has 0 aliphatic carbocycles. The van der Waals surface area contributed by atoms with Crippen molar-refractivity contribution in [3.63, 3.8) is 0 Å². The van der Waals surface area contributed by atoms with Gasteiger partial charge in [0.25, 0.3) is 5.91 Å². The van der Waals surface area contributed by atoms with E-state index < -0.39 is 40.8 Å². The van der Waals surface area contributed by atoms with Gasteiger partial charge in [-0.05, 0) is 49.4 Å². The Hall–Kier alpha value is -3.80. The van der Waals surface area contributed by atoms with E-state index in [1.54, 1.807) is 0 Å². The van der Waals surface area contributed by atoms with Gasteiger partial charge in [0, 0.05) is 29.7 Å². The monoisotopic (exact) mass is 676 g/mol. The van der Waals surface area contributed by atoms with E-state index in [1.165, 1.54) is 35.3 Å². The zero-order valence-corrected chi connectivity index (χ0v) is 28.9. The molecule has 4 amide bonds. The zero-order valence-electron chi connectivity index (χ0n) is 27.3. The molecule has 250 valence electrons. The first-order valence-corrected chi connectivity index (χ1v) is 17.8. The minimum absolute atomic E-state index is 0.165. The number of nitrogens with zero attached hydrogens (tertiary/aromatic N) is 1. The number of carbonyl (C=O) groups is 4. The molecule has 1 fully saturated rings. The van der Waals surface area contributed by atoms with Crippen LogP contribution < -0.4 is 16.0 Å². The number of aliphatic hydroxyl groups excluding tert-OH is 1. The van der Waals surface area contributed by atoms with Crippen molar-refractivity contribution in [3.05, 3.63) is 107 Å². The minimum Gasteiger partial charge on any atom is -0.381 e. The van der Waals surface area contributed by atoms with Crippen LogP contribution in [0.5, 0.6) is 0 Å². The fourth-order valence-corrected chi connectivity index (χ4v) is 7.69. The van der Waals surface area contributed by atoms with Gasteiger partial charge in [-0.1, -0.05) is 84.9 Å². The quantitative estimate of drug-likeness (QED) is 0.205. The molecule has 0 bridgehead atoms. The van der Waals surface area contributed by atoms with Crippen LogP contribution in [0.25, 0.3) is 0 Å². The lowest BCUT2D eigenvalue weighted by atomic mass is 9.97. The van der Waals surface area contributed by atoms with Crippen LogP contribution in [0.3, 0.4) is 0 Å². The maximum atomic E-state index is 14.0. The van der Waals surface area contributed by atoms with Crippen LogP contribution in [-0.2, 0) is 37.9 Å². The number of benzene rings is 3. The molecular weight excluding hydrogens is 633 g/mol. The predicted molar refractivity (Wildman–Crippen MR) is 188 cm³/mol. The Balaban J connectivity index is 1.51. The van der Waals surface area contributed by atoms with Crippen molar-refractivity contribution in [1.82, 2.24) is 20.9 Å². The third-order valence-corrected chi connectivity index (χ3v) is 10.6. The van der Waals surface area contributed by atoms with E-state index in [2.05, 4.69) is 16.0 Å². The average Bonchev–Trinajstić information content (AvgIpc) is 3.38. The molecule has 1 saturated heterocycles.